The Morgan fingerprint density at radius 2 is 1.64 bits per heavy atom. The largest absolute Gasteiger partial charge is 0.497 e. The predicted octanol–water partition coefficient (Wildman–Crippen LogP) is 5.39. The van der Waals surface area contributed by atoms with Crippen molar-refractivity contribution in [1.29, 1.82) is 0 Å². The van der Waals surface area contributed by atoms with Crippen LogP contribution in [0.3, 0.4) is 0 Å². The third-order valence-electron chi connectivity index (χ3n) is 6.54. The van der Waals surface area contributed by atoms with Crippen molar-refractivity contribution in [1.82, 2.24) is 10.2 Å². The summed E-state index contributed by atoms with van der Waals surface area (Å²) in [6.45, 7) is 6.11. The number of halogens is 1. The molecule has 3 aromatic carbocycles. The van der Waals surface area contributed by atoms with Gasteiger partial charge in [-0.05, 0) is 86.0 Å². The van der Waals surface area contributed by atoms with Gasteiger partial charge in [-0.15, -0.1) is 0 Å². The van der Waals surface area contributed by atoms with E-state index in [1.54, 1.807) is 61.7 Å². The van der Waals surface area contributed by atoms with Crippen LogP contribution in [-0.4, -0.2) is 58.0 Å². The fourth-order valence-corrected chi connectivity index (χ4v) is 6.07. The zero-order chi connectivity index (χ0) is 30.7. The van der Waals surface area contributed by atoms with Gasteiger partial charge in [0.2, 0.25) is 11.8 Å². The number of nitrogens with zero attached hydrogens (tertiary/aromatic N) is 2. The topological polar surface area (TPSA) is 105 Å². The summed E-state index contributed by atoms with van der Waals surface area (Å²) in [5.41, 5.74) is 1.03. The number of methoxy groups -OCH3 is 1. The summed E-state index contributed by atoms with van der Waals surface area (Å²) >= 11 is 3.34. The SMILES string of the molecule is CCCNC(=O)[C@H](CC)N(Cc1cccc(OC)c1)C(=O)CN(c1ccc(OCC)cc1)S(=O)(=O)c1ccc(Br)cc1. The maximum atomic E-state index is 14.1. The molecule has 0 saturated heterocycles. The van der Waals surface area contributed by atoms with Crippen LogP contribution >= 0.6 is 15.9 Å². The van der Waals surface area contributed by atoms with Crippen molar-refractivity contribution in [3.63, 3.8) is 0 Å². The third-order valence-corrected chi connectivity index (χ3v) is 8.86. The normalized spacial score (nSPS) is 11.8. The number of carbonyl (C=O) groups is 2. The molecular formula is C31H38BrN3O6S. The smallest absolute Gasteiger partial charge is 0.264 e. The zero-order valence-corrected chi connectivity index (χ0v) is 26.8. The molecule has 0 aliphatic rings. The first-order valence-corrected chi connectivity index (χ1v) is 16.1. The van der Waals surface area contributed by atoms with Crippen LogP contribution in [0.2, 0.25) is 0 Å². The van der Waals surface area contributed by atoms with Gasteiger partial charge in [-0.1, -0.05) is 41.9 Å². The van der Waals surface area contributed by atoms with Gasteiger partial charge in [0.15, 0.2) is 0 Å². The van der Waals surface area contributed by atoms with Crippen molar-refractivity contribution < 1.29 is 27.5 Å². The van der Waals surface area contributed by atoms with Crippen molar-refractivity contribution >= 4 is 43.5 Å². The molecule has 3 aromatic rings. The highest BCUT2D eigenvalue weighted by atomic mass is 79.9. The van der Waals surface area contributed by atoms with Crippen LogP contribution in [-0.2, 0) is 26.2 Å². The van der Waals surface area contributed by atoms with E-state index in [-0.39, 0.29) is 17.3 Å². The molecule has 11 heteroatoms. The van der Waals surface area contributed by atoms with E-state index in [2.05, 4.69) is 21.2 Å². The number of benzene rings is 3. The Hall–Kier alpha value is -3.57. The average Bonchev–Trinajstić information content (AvgIpc) is 2.99. The minimum absolute atomic E-state index is 0.0273. The lowest BCUT2D eigenvalue weighted by atomic mass is 10.1. The molecule has 0 bridgehead atoms. The number of sulfonamides is 1. The monoisotopic (exact) mass is 659 g/mol. The lowest BCUT2D eigenvalue weighted by Gasteiger charge is -2.33. The second-order valence-corrected chi connectivity index (χ2v) is 12.3. The lowest BCUT2D eigenvalue weighted by Crippen LogP contribution is -2.52. The van der Waals surface area contributed by atoms with E-state index in [1.807, 2.05) is 26.8 Å². The molecule has 9 nitrogen and oxygen atoms in total. The van der Waals surface area contributed by atoms with E-state index in [0.717, 1.165) is 20.8 Å². The Morgan fingerprint density at radius 3 is 2.24 bits per heavy atom. The summed E-state index contributed by atoms with van der Waals surface area (Å²) < 4.78 is 40.6. The molecule has 0 heterocycles. The molecule has 3 rings (SSSR count). The number of carbonyl (C=O) groups excluding carboxylic acids is 2. The van der Waals surface area contributed by atoms with Crippen molar-refractivity contribution in [3.8, 4) is 11.5 Å². The molecule has 0 saturated carbocycles. The fourth-order valence-electron chi connectivity index (χ4n) is 4.39. The van der Waals surface area contributed by atoms with Gasteiger partial charge in [0.1, 0.15) is 24.1 Å². The Labute approximate surface area is 257 Å². The second-order valence-electron chi connectivity index (χ2n) is 9.48. The highest BCUT2D eigenvalue weighted by molar-refractivity contribution is 9.10. The Morgan fingerprint density at radius 1 is 0.952 bits per heavy atom. The molecule has 0 aliphatic carbocycles. The molecule has 0 spiro atoms. The van der Waals surface area contributed by atoms with E-state index in [0.29, 0.717) is 36.8 Å². The molecule has 0 radical (unpaired) electrons. The number of amides is 2. The summed E-state index contributed by atoms with van der Waals surface area (Å²) in [7, 11) is -2.62. The number of rotatable bonds is 15. The summed E-state index contributed by atoms with van der Waals surface area (Å²) in [6, 6.07) is 19.2. The summed E-state index contributed by atoms with van der Waals surface area (Å²) in [6.07, 6.45) is 1.08. The molecule has 0 fully saturated rings. The third kappa shape index (κ3) is 8.48. The molecule has 0 aromatic heterocycles. The summed E-state index contributed by atoms with van der Waals surface area (Å²) in [5, 5.41) is 2.88. The molecule has 0 aliphatic heterocycles. The molecule has 0 unspecified atom stereocenters. The van der Waals surface area contributed by atoms with E-state index in [4.69, 9.17) is 9.47 Å². The molecule has 2 amide bonds. The molecular weight excluding hydrogens is 622 g/mol. The molecule has 42 heavy (non-hydrogen) atoms. The average molecular weight is 661 g/mol. The maximum absolute atomic E-state index is 14.1. The van der Waals surface area contributed by atoms with E-state index >= 15 is 0 Å². The summed E-state index contributed by atoms with van der Waals surface area (Å²) in [5.74, 6) is 0.369. The van der Waals surface area contributed by atoms with Gasteiger partial charge in [0, 0.05) is 17.6 Å². The highest BCUT2D eigenvalue weighted by Crippen LogP contribution is 2.28. The standard InChI is InChI=1S/C31H38BrN3O6S/c1-5-19-33-31(37)29(6-2)34(21-23-9-8-10-27(20-23)40-4)30(36)22-35(25-13-15-26(16-14-25)41-7-3)42(38,39)28-17-11-24(32)12-18-28/h8-18,20,29H,5-7,19,21-22H2,1-4H3,(H,33,37)/t29-/m0/s1. The minimum atomic E-state index is -4.17. The van der Waals surface area contributed by atoms with E-state index < -0.39 is 28.5 Å². The minimum Gasteiger partial charge on any atom is -0.497 e. The van der Waals surface area contributed by atoms with Crippen molar-refractivity contribution in [3.05, 3.63) is 82.8 Å². The first-order chi connectivity index (χ1) is 20.1. The number of anilines is 1. The second kappa shape index (κ2) is 15.6. The van der Waals surface area contributed by atoms with Gasteiger partial charge in [-0.2, -0.15) is 0 Å². The maximum Gasteiger partial charge on any atom is 0.264 e. The van der Waals surface area contributed by atoms with Crippen molar-refractivity contribution in [2.45, 2.75) is 51.1 Å². The first kappa shape index (κ1) is 32.9. The van der Waals surface area contributed by atoms with Crippen LogP contribution in [0.25, 0.3) is 0 Å². The van der Waals surface area contributed by atoms with Gasteiger partial charge in [0.05, 0.1) is 24.3 Å². The van der Waals surface area contributed by atoms with Crippen LogP contribution in [0.4, 0.5) is 5.69 Å². The number of hydrogen-bond donors (Lipinski definition) is 1. The van der Waals surface area contributed by atoms with Gasteiger partial charge in [-0.3, -0.25) is 13.9 Å². The van der Waals surface area contributed by atoms with Gasteiger partial charge >= 0.3 is 0 Å². The van der Waals surface area contributed by atoms with Crippen LogP contribution in [0.1, 0.15) is 39.2 Å². The van der Waals surface area contributed by atoms with Crippen LogP contribution < -0.4 is 19.1 Å². The van der Waals surface area contributed by atoms with Gasteiger partial charge in [-0.25, -0.2) is 8.42 Å². The zero-order valence-electron chi connectivity index (χ0n) is 24.4. The number of nitrogens with one attached hydrogen (secondary N) is 1. The lowest BCUT2D eigenvalue weighted by molar-refractivity contribution is -0.140. The number of hydrogen-bond acceptors (Lipinski definition) is 6. The fraction of sp³-hybridized carbons (Fsp3) is 0.355. The Bertz CT molecular complexity index is 1430. The molecule has 1 N–H and O–H groups in total. The van der Waals surface area contributed by atoms with Crippen LogP contribution in [0.5, 0.6) is 11.5 Å². The highest BCUT2D eigenvalue weighted by Gasteiger charge is 2.33. The van der Waals surface area contributed by atoms with E-state index in [9.17, 15) is 18.0 Å². The van der Waals surface area contributed by atoms with Crippen LogP contribution in [0, 0.1) is 0 Å². The van der Waals surface area contributed by atoms with E-state index in [1.165, 1.54) is 17.0 Å². The predicted molar refractivity (Wildman–Crippen MR) is 167 cm³/mol. The van der Waals surface area contributed by atoms with Crippen LogP contribution in [0.15, 0.2) is 82.2 Å². The quantitative estimate of drug-likeness (QED) is 0.235. The van der Waals surface area contributed by atoms with Crippen molar-refractivity contribution in [2.24, 2.45) is 0 Å². The Balaban J connectivity index is 2.06. The summed E-state index contributed by atoms with van der Waals surface area (Å²) in [4.78, 5) is 28.8. The molecule has 226 valence electrons. The number of ether oxygens (including phenoxy) is 2. The Kier molecular flexibility index (Phi) is 12.2. The van der Waals surface area contributed by atoms with Gasteiger partial charge < -0.3 is 19.7 Å². The van der Waals surface area contributed by atoms with Gasteiger partial charge in [0.25, 0.3) is 10.0 Å². The van der Waals surface area contributed by atoms with Crippen molar-refractivity contribution in [2.75, 3.05) is 31.1 Å². The first-order valence-electron chi connectivity index (χ1n) is 13.9. The molecule has 1 atom stereocenters.